The number of piperidine rings is 1. The highest BCUT2D eigenvalue weighted by Crippen LogP contribution is 2.18. The molecule has 0 aromatic heterocycles. The van der Waals surface area contributed by atoms with E-state index in [0.717, 1.165) is 5.56 Å². The van der Waals surface area contributed by atoms with Gasteiger partial charge in [0.25, 0.3) is 5.91 Å². The second kappa shape index (κ2) is 9.17. The zero-order chi connectivity index (χ0) is 19.9. The lowest BCUT2D eigenvalue weighted by atomic mass is 9.95. The summed E-state index contributed by atoms with van der Waals surface area (Å²) in [5.74, 6) is -0.904. The van der Waals surface area contributed by atoms with Crippen molar-refractivity contribution in [2.75, 3.05) is 13.1 Å². The molecule has 0 bridgehead atoms. The molecular formula is C22H25N3O3. The first-order valence-electron chi connectivity index (χ1n) is 9.52. The van der Waals surface area contributed by atoms with Gasteiger partial charge in [-0.25, -0.2) is 0 Å². The molecule has 0 aliphatic carbocycles. The Labute approximate surface area is 164 Å². The maximum Gasteiger partial charge on any atom is 0.251 e. The van der Waals surface area contributed by atoms with E-state index in [2.05, 4.69) is 5.32 Å². The molecule has 1 aliphatic heterocycles. The Morgan fingerprint density at radius 1 is 0.964 bits per heavy atom. The first kappa shape index (κ1) is 19.6. The van der Waals surface area contributed by atoms with Crippen LogP contribution in [0.25, 0.3) is 0 Å². The lowest BCUT2D eigenvalue weighted by molar-refractivity contribution is -0.136. The number of carbonyl (C=O) groups is 3. The van der Waals surface area contributed by atoms with Crippen molar-refractivity contribution < 1.29 is 14.4 Å². The quantitative estimate of drug-likeness (QED) is 0.801. The third-order valence-electron chi connectivity index (χ3n) is 5.13. The number of hydrogen-bond donors (Lipinski definition) is 2. The molecule has 2 aromatic rings. The maximum atomic E-state index is 13.1. The minimum atomic E-state index is -0.666. The van der Waals surface area contributed by atoms with Crippen molar-refractivity contribution >= 4 is 17.7 Å². The van der Waals surface area contributed by atoms with Crippen molar-refractivity contribution in [1.29, 1.82) is 0 Å². The molecule has 0 spiro atoms. The zero-order valence-electron chi connectivity index (χ0n) is 15.7. The largest absolute Gasteiger partial charge is 0.369 e. The zero-order valence-corrected chi connectivity index (χ0v) is 15.7. The van der Waals surface area contributed by atoms with Crippen LogP contribution in [0.1, 0.15) is 28.8 Å². The van der Waals surface area contributed by atoms with E-state index in [-0.39, 0.29) is 23.6 Å². The van der Waals surface area contributed by atoms with Gasteiger partial charge in [-0.3, -0.25) is 14.4 Å². The van der Waals surface area contributed by atoms with Gasteiger partial charge in [-0.1, -0.05) is 48.5 Å². The highest BCUT2D eigenvalue weighted by Gasteiger charge is 2.31. The molecule has 6 heteroatoms. The Kier molecular flexibility index (Phi) is 6.42. The van der Waals surface area contributed by atoms with Crippen LogP contribution >= 0.6 is 0 Å². The second-order valence-electron chi connectivity index (χ2n) is 7.08. The predicted octanol–water partition coefficient (Wildman–Crippen LogP) is 1.75. The maximum absolute atomic E-state index is 13.1. The molecule has 3 N–H and O–H groups in total. The number of amides is 3. The van der Waals surface area contributed by atoms with E-state index >= 15 is 0 Å². The molecule has 1 saturated heterocycles. The Bertz CT molecular complexity index is 815. The first-order chi connectivity index (χ1) is 13.5. The Morgan fingerprint density at radius 2 is 1.54 bits per heavy atom. The third kappa shape index (κ3) is 4.97. The number of hydrogen-bond acceptors (Lipinski definition) is 3. The average Bonchev–Trinajstić information content (AvgIpc) is 2.74. The number of likely N-dealkylation sites (tertiary alicyclic amines) is 1. The van der Waals surface area contributed by atoms with Crippen molar-refractivity contribution in [1.82, 2.24) is 10.2 Å². The SMILES string of the molecule is NC(=O)C1CCN(C(=O)[C@@H](Cc2ccccc2)NC(=O)c2ccccc2)CC1. The third-order valence-corrected chi connectivity index (χ3v) is 5.13. The van der Waals surface area contributed by atoms with Crippen LogP contribution in [0.4, 0.5) is 0 Å². The molecule has 3 amide bonds. The minimum Gasteiger partial charge on any atom is -0.369 e. The van der Waals surface area contributed by atoms with E-state index in [9.17, 15) is 14.4 Å². The number of nitrogens with two attached hydrogens (primary N) is 1. The number of benzene rings is 2. The van der Waals surface area contributed by atoms with E-state index in [1.165, 1.54) is 0 Å². The fraction of sp³-hybridized carbons (Fsp3) is 0.318. The molecule has 1 fully saturated rings. The molecule has 0 radical (unpaired) electrons. The fourth-order valence-corrected chi connectivity index (χ4v) is 3.49. The summed E-state index contributed by atoms with van der Waals surface area (Å²) in [7, 11) is 0. The lowest BCUT2D eigenvalue weighted by Gasteiger charge is -2.33. The molecule has 1 heterocycles. The standard InChI is InChI=1S/C22H25N3O3/c23-20(26)17-11-13-25(14-12-17)22(28)19(15-16-7-3-1-4-8-16)24-21(27)18-9-5-2-6-10-18/h1-10,17,19H,11-15H2,(H2,23,26)(H,24,27)/t19-/m1/s1. The van der Waals surface area contributed by atoms with Crippen molar-refractivity contribution in [3.05, 3.63) is 71.8 Å². The van der Waals surface area contributed by atoms with Gasteiger partial charge in [0.2, 0.25) is 11.8 Å². The average molecular weight is 379 g/mol. The van der Waals surface area contributed by atoms with E-state index < -0.39 is 6.04 Å². The van der Waals surface area contributed by atoms with E-state index in [1.807, 2.05) is 36.4 Å². The Morgan fingerprint density at radius 3 is 2.11 bits per heavy atom. The molecular weight excluding hydrogens is 354 g/mol. The van der Waals surface area contributed by atoms with Gasteiger partial charge in [-0.2, -0.15) is 0 Å². The van der Waals surface area contributed by atoms with Crippen LogP contribution in [0, 0.1) is 5.92 Å². The molecule has 146 valence electrons. The minimum absolute atomic E-state index is 0.129. The van der Waals surface area contributed by atoms with Crippen molar-refractivity contribution in [2.45, 2.75) is 25.3 Å². The molecule has 0 saturated carbocycles. The number of primary amides is 1. The van der Waals surface area contributed by atoms with E-state index in [1.54, 1.807) is 29.2 Å². The molecule has 1 atom stereocenters. The topological polar surface area (TPSA) is 92.5 Å². The summed E-state index contributed by atoms with van der Waals surface area (Å²) in [6, 6.07) is 17.8. The van der Waals surface area contributed by atoms with Crippen LogP contribution in [-0.4, -0.2) is 41.8 Å². The first-order valence-corrected chi connectivity index (χ1v) is 9.52. The van der Waals surface area contributed by atoms with Crippen molar-refractivity contribution in [3.63, 3.8) is 0 Å². The Balaban J connectivity index is 1.73. The Hall–Kier alpha value is -3.15. The number of carbonyl (C=O) groups excluding carboxylic acids is 3. The van der Waals surface area contributed by atoms with Crippen LogP contribution in [0.15, 0.2) is 60.7 Å². The summed E-state index contributed by atoms with van der Waals surface area (Å²) in [6.07, 6.45) is 1.53. The summed E-state index contributed by atoms with van der Waals surface area (Å²) in [6.45, 7) is 0.942. The predicted molar refractivity (Wildman–Crippen MR) is 106 cm³/mol. The molecule has 0 unspecified atom stereocenters. The fourth-order valence-electron chi connectivity index (χ4n) is 3.49. The highest BCUT2D eigenvalue weighted by atomic mass is 16.2. The number of nitrogens with zero attached hydrogens (tertiary/aromatic N) is 1. The van der Waals surface area contributed by atoms with Crippen molar-refractivity contribution in [2.24, 2.45) is 11.7 Å². The van der Waals surface area contributed by atoms with Gasteiger partial charge in [0.05, 0.1) is 0 Å². The van der Waals surface area contributed by atoms with Crippen LogP contribution in [0.2, 0.25) is 0 Å². The molecule has 1 aliphatic rings. The summed E-state index contributed by atoms with van der Waals surface area (Å²) in [5, 5.41) is 2.89. The van der Waals surface area contributed by atoms with Gasteiger partial charge < -0.3 is 16.0 Å². The molecule has 6 nitrogen and oxygen atoms in total. The summed E-state index contributed by atoms with van der Waals surface area (Å²) in [5.41, 5.74) is 6.87. The lowest BCUT2D eigenvalue weighted by Crippen LogP contribution is -2.52. The van der Waals surface area contributed by atoms with Gasteiger partial charge in [-0.15, -0.1) is 0 Å². The smallest absolute Gasteiger partial charge is 0.251 e. The second-order valence-corrected chi connectivity index (χ2v) is 7.08. The van der Waals surface area contributed by atoms with Crippen LogP contribution in [-0.2, 0) is 16.0 Å². The summed E-state index contributed by atoms with van der Waals surface area (Å²) < 4.78 is 0. The normalized spacial score (nSPS) is 15.6. The van der Waals surface area contributed by atoms with Crippen LogP contribution in [0.3, 0.4) is 0 Å². The van der Waals surface area contributed by atoms with Crippen molar-refractivity contribution in [3.8, 4) is 0 Å². The monoisotopic (exact) mass is 379 g/mol. The highest BCUT2D eigenvalue weighted by molar-refractivity contribution is 5.97. The van der Waals surface area contributed by atoms with Gasteiger partial charge >= 0.3 is 0 Å². The summed E-state index contributed by atoms with van der Waals surface area (Å²) >= 11 is 0. The molecule has 2 aromatic carbocycles. The van der Waals surface area contributed by atoms with Gasteiger partial charge in [0.1, 0.15) is 6.04 Å². The van der Waals surface area contributed by atoms with Gasteiger partial charge in [-0.05, 0) is 30.5 Å². The molecule has 3 rings (SSSR count). The van der Waals surface area contributed by atoms with E-state index in [4.69, 9.17) is 5.73 Å². The van der Waals surface area contributed by atoms with E-state index in [0.29, 0.717) is 37.9 Å². The van der Waals surface area contributed by atoms with Gasteiger partial charge in [0.15, 0.2) is 0 Å². The summed E-state index contributed by atoms with van der Waals surface area (Å²) in [4.78, 5) is 38.9. The van der Waals surface area contributed by atoms with Crippen LogP contribution < -0.4 is 11.1 Å². The number of nitrogens with one attached hydrogen (secondary N) is 1. The number of rotatable bonds is 6. The molecule has 28 heavy (non-hydrogen) atoms. The van der Waals surface area contributed by atoms with Gasteiger partial charge in [0, 0.05) is 31.0 Å². The van der Waals surface area contributed by atoms with Crippen LogP contribution in [0.5, 0.6) is 0 Å².